The van der Waals surface area contributed by atoms with Crippen molar-refractivity contribution in [2.24, 2.45) is 4.99 Å². The van der Waals surface area contributed by atoms with E-state index in [0.29, 0.717) is 27.9 Å². The summed E-state index contributed by atoms with van der Waals surface area (Å²) in [6, 6.07) is 11.2. The number of benzene rings is 2. The monoisotopic (exact) mass is 479 g/mol. The van der Waals surface area contributed by atoms with Gasteiger partial charge in [-0.25, -0.2) is 4.99 Å². The maximum Gasteiger partial charge on any atom is 0.279 e. The van der Waals surface area contributed by atoms with Crippen LogP contribution in [0.4, 0.5) is 5.69 Å². The van der Waals surface area contributed by atoms with Crippen LogP contribution >= 0.6 is 23.2 Å². The fourth-order valence-electron chi connectivity index (χ4n) is 3.73. The Balaban J connectivity index is 1.89. The molecule has 1 aliphatic rings. The summed E-state index contributed by atoms with van der Waals surface area (Å²) in [5, 5.41) is 1.32. The molecule has 1 unspecified atom stereocenters. The highest BCUT2D eigenvalue weighted by Crippen LogP contribution is 2.38. The van der Waals surface area contributed by atoms with Gasteiger partial charge in [-0.2, -0.15) is 8.42 Å². The van der Waals surface area contributed by atoms with Crippen LogP contribution in [0.15, 0.2) is 52.5 Å². The number of likely N-dealkylation sites (N-methyl/N-ethyl adjacent to an activating group) is 1. The Bertz CT molecular complexity index is 1120. The predicted octanol–water partition coefficient (Wildman–Crippen LogP) is 6.04. The first-order chi connectivity index (χ1) is 14.6. The molecular weight excluding hydrogens is 453 g/mol. The molecule has 166 valence electrons. The summed E-state index contributed by atoms with van der Waals surface area (Å²) in [5.74, 6) is 0.0958. The normalized spacial score (nSPS) is 17.2. The van der Waals surface area contributed by atoms with E-state index in [1.807, 2.05) is 25.1 Å². The van der Waals surface area contributed by atoms with Gasteiger partial charge in [-0.15, -0.1) is 0 Å². The molecular formula is C23H27Cl2N3O2S. The Morgan fingerprint density at radius 2 is 1.90 bits per heavy atom. The summed E-state index contributed by atoms with van der Waals surface area (Å²) in [6.07, 6.45) is 2.18. The zero-order chi connectivity index (χ0) is 22.8. The van der Waals surface area contributed by atoms with Crippen molar-refractivity contribution in [1.82, 2.24) is 4.90 Å². The standard InChI is InChI=1S/C23H27Cl2N3O2S/c1-5-6-23(26-15(2)3)31(29,30)27-18-9-7-16(8-10-18)20-13-28(4)14-21-19(20)11-17(24)12-22(21)25/h6-12,20,27H,5,13-14H2,1-4H3/b23-6+. The van der Waals surface area contributed by atoms with E-state index in [-0.39, 0.29) is 10.9 Å². The van der Waals surface area contributed by atoms with Crippen molar-refractivity contribution in [3.8, 4) is 0 Å². The third-order valence-corrected chi connectivity index (χ3v) is 6.91. The van der Waals surface area contributed by atoms with Gasteiger partial charge in [0.1, 0.15) is 0 Å². The summed E-state index contributed by atoms with van der Waals surface area (Å²) in [7, 11) is -1.70. The lowest BCUT2D eigenvalue weighted by Crippen LogP contribution is -2.31. The van der Waals surface area contributed by atoms with E-state index in [0.717, 1.165) is 29.8 Å². The lowest BCUT2D eigenvalue weighted by molar-refractivity contribution is 0.295. The van der Waals surface area contributed by atoms with E-state index < -0.39 is 10.0 Å². The predicted molar refractivity (Wildman–Crippen MR) is 131 cm³/mol. The number of fused-ring (bicyclic) bond motifs is 1. The van der Waals surface area contributed by atoms with Gasteiger partial charge >= 0.3 is 0 Å². The average Bonchev–Trinajstić information content (AvgIpc) is 2.68. The second-order valence-corrected chi connectivity index (χ2v) is 10.4. The molecule has 0 saturated carbocycles. The Kier molecular flexibility index (Phi) is 7.47. The van der Waals surface area contributed by atoms with Gasteiger partial charge in [-0.05, 0) is 74.3 Å². The number of allylic oxidation sites excluding steroid dienone is 1. The van der Waals surface area contributed by atoms with E-state index in [4.69, 9.17) is 23.2 Å². The summed E-state index contributed by atoms with van der Waals surface area (Å²) < 4.78 is 28.2. The smallest absolute Gasteiger partial charge is 0.279 e. The molecule has 31 heavy (non-hydrogen) atoms. The minimum atomic E-state index is -3.76. The third-order valence-electron chi connectivity index (χ3n) is 5.05. The van der Waals surface area contributed by atoms with Crippen LogP contribution in [0.1, 0.15) is 49.8 Å². The van der Waals surface area contributed by atoms with Crippen LogP contribution in [-0.2, 0) is 16.6 Å². The van der Waals surface area contributed by atoms with Crippen LogP contribution in [0.3, 0.4) is 0 Å². The zero-order valence-electron chi connectivity index (χ0n) is 18.1. The number of rotatable bonds is 6. The van der Waals surface area contributed by atoms with Gasteiger partial charge in [0, 0.05) is 40.5 Å². The average molecular weight is 480 g/mol. The quantitative estimate of drug-likeness (QED) is 0.513. The Hall–Kier alpha value is -1.86. The Morgan fingerprint density at radius 3 is 2.52 bits per heavy atom. The van der Waals surface area contributed by atoms with Gasteiger partial charge in [0.15, 0.2) is 5.03 Å². The van der Waals surface area contributed by atoms with E-state index in [2.05, 4.69) is 21.7 Å². The number of anilines is 1. The van der Waals surface area contributed by atoms with Crippen molar-refractivity contribution >= 4 is 44.6 Å². The molecule has 2 aromatic carbocycles. The van der Waals surface area contributed by atoms with Gasteiger partial charge in [-0.1, -0.05) is 42.3 Å². The zero-order valence-corrected chi connectivity index (χ0v) is 20.4. The molecule has 0 amide bonds. The van der Waals surface area contributed by atoms with Gasteiger partial charge in [0.25, 0.3) is 10.0 Å². The number of hydrogen-bond acceptors (Lipinski definition) is 4. The fourth-order valence-corrected chi connectivity index (χ4v) is 5.54. The largest absolute Gasteiger partial charge is 0.301 e. The van der Waals surface area contributed by atoms with Crippen LogP contribution in [-0.4, -0.2) is 32.6 Å². The topological polar surface area (TPSA) is 61.8 Å². The van der Waals surface area contributed by atoms with Gasteiger partial charge < -0.3 is 4.90 Å². The number of halogens is 2. The summed E-state index contributed by atoms with van der Waals surface area (Å²) in [4.78, 5) is 6.39. The first kappa shape index (κ1) is 23.8. The minimum absolute atomic E-state index is 0.0335. The van der Waals surface area contributed by atoms with Gasteiger partial charge in [0.05, 0.1) is 0 Å². The summed E-state index contributed by atoms with van der Waals surface area (Å²) >= 11 is 12.7. The highest BCUT2D eigenvalue weighted by atomic mass is 35.5. The maximum absolute atomic E-state index is 12.8. The van der Waals surface area contributed by atoms with Crippen molar-refractivity contribution in [2.75, 3.05) is 18.3 Å². The summed E-state index contributed by atoms with van der Waals surface area (Å²) in [6.45, 7) is 7.01. The maximum atomic E-state index is 12.8. The fraction of sp³-hybridized carbons (Fsp3) is 0.348. The molecule has 0 aliphatic carbocycles. The number of hydrogen-bond donors (Lipinski definition) is 1. The molecule has 0 spiro atoms. The molecule has 1 heterocycles. The van der Waals surface area contributed by atoms with Crippen LogP contribution in [0.2, 0.25) is 10.0 Å². The van der Waals surface area contributed by atoms with Crippen molar-refractivity contribution < 1.29 is 8.42 Å². The first-order valence-electron chi connectivity index (χ1n) is 10.1. The number of aliphatic imine (C=N–C) groups is 1. The molecule has 8 heteroatoms. The molecule has 2 aromatic rings. The lowest BCUT2D eigenvalue weighted by Gasteiger charge is -2.33. The van der Waals surface area contributed by atoms with Crippen molar-refractivity contribution in [3.05, 3.63) is 74.2 Å². The molecule has 0 radical (unpaired) electrons. The second-order valence-electron chi connectivity index (χ2n) is 7.94. The molecule has 0 aromatic heterocycles. The molecule has 5 nitrogen and oxygen atoms in total. The van der Waals surface area contributed by atoms with Gasteiger partial charge in [-0.3, -0.25) is 4.72 Å². The van der Waals surface area contributed by atoms with E-state index in [1.54, 1.807) is 38.1 Å². The van der Waals surface area contributed by atoms with Crippen molar-refractivity contribution in [3.63, 3.8) is 0 Å². The summed E-state index contributed by atoms with van der Waals surface area (Å²) in [5.41, 5.74) is 4.43. The van der Waals surface area contributed by atoms with E-state index in [1.165, 1.54) is 0 Å². The minimum Gasteiger partial charge on any atom is -0.301 e. The SMILES string of the molecule is CC/C=C(\N=C(C)C)S(=O)(=O)Nc1ccc(C2CN(C)Cc3c(Cl)cc(Cl)cc32)cc1. The van der Waals surface area contributed by atoms with Crippen molar-refractivity contribution in [1.29, 1.82) is 0 Å². The Labute approximate surface area is 194 Å². The van der Waals surface area contributed by atoms with Crippen LogP contribution in [0.5, 0.6) is 0 Å². The molecule has 0 bridgehead atoms. The van der Waals surface area contributed by atoms with Crippen LogP contribution in [0.25, 0.3) is 0 Å². The molecule has 1 aliphatic heterocycles. The second kappa shape index (κ2) is 9.74. The highest BCUT2D eigenvalue weighted by molar-refractivity contribution is 7.96. The highest BCUT2D eigenvalue weighted by Gasteiger charge is 2.27. The molecule has 0 fully saturated rings. The van der Waals surface area contributed by atoms with Crippen molar-refractivity contribution in [2.45, 2.75) is 39.7 Å². The third kappa shape index (κ3) is 5.69. The van der Waals surface area contributed by atoms with Gasteiger partial charge in [0.2, 0.25) is 0 Å². The molecule has 1 atom stereocenters. The molecule has 0 saturated heterocycles. The Morgan fingerprint density at radius 1 is 1.23 bits per heavy atom. The molecule has 1 N–H and O–H groups in total. The lowest BCUT2D eigenvalue weighted by atomic mass is 9.85. The van der Waals surface area contributed by atoms with E-state index >= 15 is 0 Å². The van der Waals surface area contributed by atoms with E-state index in [9.17, 15) is 8.42 Å². The first-order valence-corrected chi connectivity index (χ1v) is 12.4. The number of sulfonamides is 1. The van der Waals surface area contributed by atoms with Crippen LogP contribution < -0.4 is 4.72 Å². The number of nitrogens with zero attached hydrogens (tertiary/aromatic N) is 2. The molecule has 3 rings (SSSR count). The van der Waals surface area contributed by atoms with Crippen LogP contribution in [0, 0.1) is 0 Å². The number of nitrogens with one attached hydrogen (secondary N) is 1.